The molecule has 192 valence electrons. The van der Waals surface area contributed by atoms with Gasteiger partial charge in [0.05, 0.1) is 36.1 Å². The number of non-ortho nitro benzene ring substituents is 1. The van der Waals surface area contributed by atoms with E-state index in [1.807, 2.05) is 36.4 Å². The summed E-state index contributed by atoms with van der Waals surface area (Å²) in [6.07, 6.45) is 3.58. The van der Waals surface area contributed by atoms with Gasteiger partial charge < -0.3 is 14.4 Å². The van der Waals surface area contributed by atoms with E-state index in [9.17, 15) is 14.9 Å². The summed E-state index contributed by atoms with van der Waals surface area (Å²) in [6.45, 7) is 1.29. The lowest BCUT2D eigenvalue weighted by Gasteiger charge is -2.38. The van der Waals surface area contributed by atoms with Crippen LogP contribution in [0.15, 0.2) is 71.7 Å². The summed E-state index contributed by atoms with van der Waals surface area (Å²) in [5.74, 6) is 1.98. The summed E-state index contributed by atoms with van der Waals surface area (Å²) in [7, 11) is 3.23. The quantitative estimate of drug-likeness (QED) is 0.283. The molecule has 2 aliphatic rings. The van der Waals surface area contributed by atoms with E-state index in [2.05, 4.69) is 11.1 Å². The Morgan fingerprint density at radius 1 is 1.00 bits per heavy atom. The number of nitrogens with zero attached hydrogens (tertiary/aromatic N) is 4. The summed E-state index contributed by atoms with van der Waals surface area (Å²) in [5.41, 5.74) is 4.79. The fourth-order valence-corrected chi connectivity index (χ4v) is 5.54. The van der Waals surface area contributed by atoms with Crippen molar-refractivity contribution in [2.45, 2.75) is 25.4 Å². The maximum absolute atomic E-state index is 13.1. The molecule has 9 heteroatoms. The van der Waals surface area contributed by atoms with Gasteiger partial charge in [0.2, 0.25) is 0 Å². The Bertz CT molecular complexity index is 1660. The average molecular weight is 511 g/mol. The van der Waals surface area contributed by atoms with Gasteiger partial charge in [-0.3, -0.25) is 19.5 Å². The summed E-state index contributed by atoms with van der Waals surface area (Å²) in [4.78, 5) is 31.1. The predicted molar refractivity (Wildman–Crippen MR) is 143 cm³/mol. The molecule has 6 rings (SSSR count). The first-order valence-corrected chi connectivity index (χ1v) is 12.4. The van der Waals surface area contributed by atoms with E-state index < -0.39 is 4.92 Å². The van der Waals surface area contributed by atoms with Gasteiger partial charge in [-0.1, -0.05) is 12.1 Å². The van der Waals surface area contributed by atoms with Gasteiger partial charge in [-0.2, -0.15) is 0 Å². The normalized spacial score (nSPS) is 17.4. The smallest absolute Gasteiger partial charge is 0.269 e. The minimum absolute atomic E-state index is 0.0262. The Morgan fingerprint density at radius 3 is 2.47 bits per heavy atom. The number of allylic oxidation sites excluding steroid dienone is 1. The first-order valence-electron chi connectivity index (χ1n) is 12.4. The Kier molecular flexibility index (Phi) is 5.83. The molecule has 2 aliphatic heterocycles. The molecule has 3 aromatic carbocycles. The molecule has 4 aromatic rings. The second-order valence-corrected chi connectivity index (χ2v) is 9.46. The SMILES string of the molecule is COc1cc2c(cc1OC)[C@H](c1ccc([N+](=O)[O-])cc1)N(/C=C1\CCn3c1nc1ccccc1c3=O)CC2. The zero-order valence-electron chi connectivity index (χ0n) is 21.1. The second kappa shape index (κ2) is 9.33. The van der Waals surface area contributed by atoms with Crippen molar-refractivity contribution >= 4 is 22.2 Å². The number of nitro groups is 1. The molecule has 9 nitrogen and oxygen atoms in total. The van der Waals surface area contributed by atoms with Crippen LogP contribution in [0.1, 0.15) is 35.0 Å². The fourth-order valence-electron chi connectivity index (χ4n) is 5.54. The van der Waals surface area contributed by atoms with Gasteiger partial charge in [-0.15, -0.1) is 0 Å². The van der Waals surface area contributed by atoms with Crippen LogP contribution in [0.5, 0.6) is 11.5 Å². The number of benzene rings is 3. The Balaban J connectivity index is 1.48. The highest BCUT2D eigenvalue weighted by Crippen LogP contribution is 2.42. The molecule has 0 radical (unpaired) electrons. The Labute approximate surface area is 218 Å². The van der Waals surface area contributed by atoms with E-state index in [1.54, 1.807) is 30.9 Å². The third-order valence-corrected chi connectivity index (χ3v) is 7.41. The van der Waals surface area contributed by atoms with Gasteiger partial charge in [0.15, 0.2) is 11.5 Å². The number of methoxy groups -OCH3 is 2. The summed E-state index contributed by atoms with van der Waals surface area (Å²) in [5, 5.41) is 11.9. The zero-order valence-corrected chi connectivity index (χ0v) is 21.1. The monoisotopic (exact) mass is 510 g/mol. The third kappa shape index (κ3) is 3.87. The van der Waals surface area contributed by atoms with Crippen molar-refractivity contribution in [3.05, 3.63) is 110 Å². The molecule has 38 heavy (non-hydrogen) atoms. The molecule has 0 saturated carbocycles. The van der Waals surface area contributed by atoms with Gasteiger partial charge in [0, 0.05) is 37.0 Å². The van der Waals surface area contributed by atoms with Gasteiger partial charge in [-0.25, -0.2) is 4.98 Å². The third-order valence-electron chi connectivity index (χ3n) is 7.41. The standard InChI is InChI=1S/C29H26N4O5/c1-37-25-15-19-11-13-31(17-20-12-14-32-28(20)30-24-6-4-3-5-22(24)29(32)34)27(23(19)16-26(25)38-2)18-7-9-21(10-8-18)33(35)36/h3-10,15-17,27H,11-14H2,1-2H3/b20-17+/t27-/m0/s1. The minimum Gasteiger partial charge on any atom is -0.493 e. The summed E-state index contributed by atoms with van der Waals surface area (Å²) in [6, 6.07) is 17.9. The first-order chi connectivity index (χ1) is 18.5. The Morgan fingerprint density at radius 2 is 1.74 bits per heavy atom. The van der Waals surface area contributed by atoms with Crippen LogP contribution < -0.4 is 15.0 Å². The number of ether oxygens (including phenoxy) is 2. The van der Waals surface area contributed by atoms with Crippen molar-refractivity contribution in [3.8, 4) is 11.5 Å². The van der Waals surface area contributed by atoms with Crippen molar-refractivity contribution < 1.29 is 14.4 Å². The minimum atomic E-state index is -0.393. The molecule has 0 amide bonds. The predicted octanol–water partition coefficient (Wildman–Crippen LogP) is 4.71. The van der Waals surface area contributed by atoms with Crippen molar-refractivity contribution in [1.29, 1.82) is 0 Å². The van der Waals surface area contributed by atoms with Crippen molar-refractivity contribution in [1.82, 2.24) is 14.5 Å². The zero-order chi connectivity index (χ0) is 26.4. The maximum atomic E-state index is 13.1. The molecular formula is C29H26N4O5. The summed E-state index contributed by atoms with van der Waals surface area (Å²) >= 11 is 0. The highest BCUT2D eigenvalue weighted by atomic mass is 16.6. The highest BCUT2D eigenvalue weighted by molar-refractivity contribution is 5.80. The van der Waals surface area contributed by atoms with E-state index in [-0.39, 0.29) is 17.3 Å². The van der Waals surface area contributed by atoms with E-state index in [1.165, 1.54) is 12.1 Å². The van der Waals surface area contributed by atoms with Crippen LogP contribution in [0.2, 0.25) is 0 Å². The number of hydrogen-bond donors (Lipinski definition) is 0. The van der Waals surface area contributed by atoms with E-state index >= 15 is 0 Å². The largest absolute Gasteiger partial charge is 0.493 e. The van der Waals surface area contributed by atoms with E-state index in [0.717, 1.165) is 28.7 Å². The van der Waals surface area contributed by atoms with Crippen LogP contribution in [0.25, 0.3) is 16.5 Å². The van der Waals surface area contributed by atoms with Gasteiger partial charge in [0.1, 0.15) is 5.82 Å². The maximum Gasteiger partial charge on any atom is 0.269 e. The number of fused-ring (bicyclic) bond motifs is 3. The average Bonchev–Trinajstić information content (AvgIpc) is 3.34. The lowest BCUT2D eigenvalue weighted by Crippen LogP contribution is -2.32. The second-order valence-electron chi connectivity index (χ2n) is 9.46. The topological polar surface area (TPSA) is 99.7 Å². The number of nitro benzene ring substituents is 1. The molecule has 3 heterocycles. The van der Waals surface area contributed by atoms with Crippen LogP contribution >= 0.6 is 0 Å². The van der Waals surface area contributed by atoms with Gasteiger partial charge in [-0.05, 0) is 65.9 Å². The number of rotatable bonds is 5. The molecule has 0 aliphatic carbocycles. The lowest BCUT2D eigenvalue weighted by atomic mass is 9.87. The number of aromatic nitrogens is 2. The molecule has 0 N–H and O–H groups in total. The number of para-hydroxylation sites is 1. The Hall–Kier alpha value is -4.66. The highest BCUT2D eigenvalue weighted by Gasteiger charge is 2.31. The molecule has 0 saturated heterocycles. The van der Waals surface area contributed by atoms with Crippen LogP contribution in [0.3, 0.4) is 0 Å². The number of hydrogen-bond acceptors (Lipinski definition) is 7. The van der Waals surface area contributed by atoms with Crippen LogP contribution in [0, 0.1) is 10.1 Å². The first kappa shape index (κ1) is 23.7. The van der Waals surface area contributed by atoms with Crippen LogP contribution in [0.4, 0.5) is 5.69 Å². The molecule has 1 aromatic heterocycles. The van der Waals surface area contributed by atoms with Crippen molar-refractivity contribution in [2.75, 3.05) is 20.8 Å². The molecular weight excluding hydrogens is 484 g/mol. The van der Waals surface area contributed by atoms with E-state index in [0.29, 0.717) is 47.7 Å². The van der Waals surface area contributed by atoms with E-state index in [4.69, 9.17) is 14.5 Å². The molecule has 1 atom stereocenters. The van der Waals surface area contributed by atoms with Crippen LogP contribution in [-0.4, -0.2) is 40.1 Å². The van der Waals surface area contributed by atoms with Crippen molar-refractivity contribution in [2.24, 2.45) is 0 Å². The molecule has 0 unspecified atom stereocenters. The molecule has 0 fully saturated rings. The summed E-state index contributed by atoms with van der Waals surface area (Å²) < 4.78 is 12.9. The fraction of sp³-hybridized carbons (Fsp3) is 0.241. The van der Waals surface area contributed by atoms with Crippen LogP contribution in [-0.2, 0) is 13.0 Å². The van der Waals surface area contributed by atoms with Gasteiger partial charge >= 0.3 is 0 Å². The molecule has 0 bridgehead atoms. The van der Waals surface area contributed by atoms with Gasteiger partial charge in [0.25, 0.3) is 11.2 Å². The molecule has 0 spiro atoms. The van der Waals surface area contributed by atoms with Crippen molar-refractivity contribution in [3.63, 3.8) is 0 Å². The lowest BCUT2D eigenvalue weighted by molar-refractivity contribution is -0.384.